The van der Waals surface area contributed by atoms with Crippen molar-refractivity contribution in [2.75, 3.05) is 23.4 Å². The van der Waals surface area contributed by atoms with Crippen molar-refractivity contribution in [2.45, 2.75) is 33.3 Å². The smallest absolute Gasteiger partial charge is 0.265 e. The maximum absolute atomic E-state index is 12.5. The minimum absolute atomic E-state index is 0.0451. The second-order valence-corrected chi connectivity index (χ2v) is 6.66. The van der Waals surface area contributed by atoms with E-state index >= 15 is 0 Å². The number of hydrogen-bond donors (Lipinski definition) is 1. The van der Waals surface area contributed by atoms with Crippen molar-refractivity contribution in [2.24, 2.45) is 0 Å². The number of ether oxygens (including phenoxy) is 2. The molecule has 0 fully saturated rings. The molecule has 1 aliphatic heterocycles. The molecular formula is C21H24N2O4. The Kier molecular flexibility index (Phi) is 5.64. The third-order valence-corrected chi connectivity index (χ3v) is 4.10. The summed E-state index contributed by atoms with van der Waals surface area (Å²) in [6.45, 7) is 6.58. The van der Waals surface area contributed by atoms with Gasteiger partial charge in [-0.15, -0.1) is 0 Å². The average Bonchev–Trinajstić information content (AvgIpc) is 2.64. The quantitative estimate of drug-likeness (QED) is 0.841. The van der Waals surface area contributed by atoms with Crippen LogP contribution in [-0.2, 0) is 4.79 Å². The minimum atomic E-state index is -0.226. The van der Waals surface area contributed by atoms with Crippen LogP contribution in [0.3, 0.4) is 0 Å². The highest BCUT2D eigenvalue weighted by Crippen LogP contribution is 2.34. The number of fused-ring (bicyclic) bond motifs is 1. The normalized spacial score (nSPS) is 13.2. The Morgan fingerprint density at radius 3 is 2.63 bits per heavy atom. The summed E-state index contributed by atoms with van der Waals surface area (Å²) < 4.78 is 11.1. The standard InChI is InChI=1S/C21H24N2O4/c1-4-11-23-18-12-16(7-10-19(18)26-13-20(23)24)22-21(25)15-5-8-17(9-6-15)27-14(2)3/h5-10,12,14H,4,11,13H2,1-3H3,(H,22,25). The number of hydrogen-bond acceptors (Lipinski definition) is 4. The van der Waals surface area contributed by atoms with Gasteiger partial charge in [-0.25, -0.2) is 0 Å². The summed E-state index contributed by atoms with van der Waals surface area (Å²) in [4.78, 5) is 26.3. The van der Waals surface area contributed by atoms with E-state index in [1.165, 1.54) is 0 Å². The largest absolute Gasteiger partial charge is 0.491 e. The van der Waals surface area contributed by atoms with Crippen molar-refractivity contribution in [1.82, 2.24) is 0 Å². The lowest BCUT2D eigenvalue weighted by molar-refractivity contribution is -0.121. The first-order chi connectivity index (χ1) is 13.0. The lowest BCUT2D eigenvalue weighted by Crippen LogP contribution is -2.39. The highest BCUT2D eigenvalue weighted by Gasteiger charge is 2.25. The zero-order chi connectivity index (χ0) is 19.4. The van der Waals surface area contributed by atoms with Crippen LogP contribution in [0.15, 0.2) is 42.5 Å². The lowest BCUT2D eigenvalue weighted by atomic mass is 10.1. The zero-order valence-electron chi connectivity index (χ0n) is 15.8. The molecule has 0 aromatic heterocycles. The summed E-state index contributed by atoms with van der Waals surface area (Å²) in [7, 11) is 0. The minimum Gasteiger partial charge on any atom is -0.491 e. The Hall–Kier alpha value is -3.02. The van der Waals surface area contributed by atoms with E-state index in [1.807, 2.05) is 20.8 Å². The number of anilines is 2. The van der Waals surface area contributed by atoms with Gasteiger partial charge < -0.3 is 19.7 Å². The van der Waals surface area contributed by atoms with Gasteiger partial charge in [0.1, 0.15) is 11.5 Å². The number of rotatable bonds is 6. The number of nitrogens with one attached hydrogen (secondary N) is 1. The summed E-state index contributed by atoms with van der Waals surface area (Å²) in [6, 6.07) is 12.3. The maximum Gasteiger partial charge on any atom is 0.265 e. The van der Waals surface area contributed by atoms with Crippen molar-refractivity contribution in [1.29, 1.82) is 0 Å². The molecule has 1 aliphatic rings. The van der Waals surface area contributed by atoms with Crippen LogP contribution in [0.1, 0.15) is 37.6 Å². The van der Waals surface area contributed by atoms with Gasteiger partial charge >= 0.3 is 0 Å². The fourth-order valence-corrected chi connectivity index (χ4v) is 2.91. The van der Waals surface area contributed by atoms with Gasteiger partial charge in [0.05, 0.1) is 11.8 Å². The second kappa shape index (κ2) is 8.12. The van der Waals surface area contributed by atoms with Crippen LogP contribution in [-0.4, -0.2) is 31.1 Å². The number of carbonyl (C=O) groups is 2. The predicted molar refractivity (Wildman–Crippen MR) is 105 cm³/mol. The van der Waals surface area contributed by atoms with Crippen LogP contribution < -0.4 is 19.7 Å². The van der Waals surface area contributed by atoms with E-state index in [0.717, 1.165) is 12.2 Å². The van der Waals surface area contributed by atoms with Gasteiger partial charge in [0.2, 0.25) is 0 Å². The number of carbonyl (C=O) groups excluding carboxylic acids is 2. The topological polar surface area (TPSA) is 67.9 Å². The molecule has 0 saturated carbocycles. The molecule has 3 rings (SSSR count). The summed E-state index contributed by atoms with van der Waals surface area (Å²) in [6.07, 6.45) is 0.920. The van der Waals surface area contributed by atoms with Crippen LogP contribution in [0.25, 0.3) is 0 Å². The molecule has 2 aromatic rings. The molecule has 6 heteroatoms. The second-order valence-electron chi connectivity index (χ2n) is 6.66. The lowest BCUT2D eigenvalue weighted by Gasteiger charge is -2.29. The molecule has 0 bridgehead atoms. The van der Waals surface area contributed by atoms with Crippen molar-refractivity contribution < 1.29 is 19.1 Å². The highest BCUT2D eigenvalue weighted by molar-refractivity contribution is 6.05. The SMILES string of the molecule is CCCN1C(=O)COc2ccc(NC(=O)c3ccc(OC(C)C)cc3)cc21. The molecule has 142 valence electrons. The van der Waals surface area contributed by atoms with E-state index in [4.69, 9.17) is 9.47 Å². The molecule has 0 radical (unpaired) electrons. The molecule has 0 aliphatic carbocycles. The van der Waals surface area contributed by atoms with Crippen LogP contribution in [0, 0.1) is 0 Å². The van der Waals surface area contributed by atoms with Gasteiger partial charge in [-0.1, -0.05) is 6.92 Å². The summed E-state index contributed by atoms with van der Waals surface area (Å²) in [5.41, 5.74) is 1.83. The first-order valence-corrected chi connectivity index (χ1v) is 9.13. The van der Waals surface area contributed by atoms with Crippen LogP contribution in [0.4, 0.5) is 11.4 Å². The fraction of sp³-hybridized carbons (Fsp3) is 0.333. The monoisotopic (exact) mass is 368 g/mol. The molecular weight excluding hydrogens is 344 g/mol. The van der Waals surface area contributed by atoms with Gasteiger partial charge in [-0.05, 0) is 62.7 Å². The fourth-order valence-electron chi connectivity index (χ4n) is 2.91. The third-order valence-electron chi connectivity index (χ3n) is 4.10. The number of amides is 2. The molecule has 1 heterocycles. The molecule has 0 saturated heterocycles. The molecule has 6 nitrogen and oxygen atoms in total. The van der Waals surface area contributed by atoms with Crippen LogP contribution in [0.2, 0.25) is 0 Å². The van der Waals surface area contributed by atoms with E-state index < -0.39 is 0 Å². The summed E-state index contributed by atoms with van der Waals surface area (Å²) in [5, 5.41) is 2.87. The van der Waals surface area contributed by atoms with Crippen molar-refractivity contribution in [3.8, 4) is 11.5 Å². The van der Waals surface area contributed by atoms with E-state index in [1.54, 1.807) is 47.4 Å². The Balaban J connectivity index is 1.76. The van der Waals surface area contributed by atoms with E-state index in [9.17, 15) is 9.59 Å². The third kappa shape index (κ3) is 4.39. The average molecular weight is 368 g/mol. The highest BCUT2D eigenvalue weighted by atomic mass is 16.5. The maximum atomic E-state index is 12.5. The molecule has 2 amide bonds. The van der Waals surface area contributed by atoms with Crippen molar-refractivity contribution >= 4 is 23.2 Å². The predicted octanol–water partition coefficient (Wildman–Crippen LogP) is 3.86. The first kappa shape index (κ1) is 18.8. The van der Waals surface area contributed by atoms with Gasteiger partial charge in [0.25, 0.3) is 11.8 Å². The molecule has 2 aromatic carbocycles. The summed E-state index contributed by atoms with van der Waals surface area (Å²) >= 11 is 0. The Morgan fingerprint density at radius 1 is 1.22 bits per heavy atom. The van der Waals surface area contributed by atoms with Gasteiger partial charge in [-0.3, -0.25) is 9.59 Å². The Labute approximate surface area is 159 Å². The van der Waals surface area contributed by atoms with Crippen molar-refractivity contribution in [3.63, 3.8) is 0 Å². The van der Waals surface area contributed by atoms with Gasteiger partial charge in [-0.2, -0.15) is 0 Å². The Morgan fingerprint density at radius 2 is 1.96 bits per heavy atom. The molecule has 0 spiro atoms. The number of benzene rings is 2. The first-order valence-electron chi connectivity index (χ1n) is 9.13. The van der Waals surface area contributed by atoms with Crippen LogP contribution >= 0.6 is 0 Å². The zero-order valence-corrected chi connectivity index (χ0v) is 15.8. The van der Waals surface area contributed by atoms with E-state index in [2.05, 4.69) is 5.32 Å². The van der Waals surface area contributed by atoms with E-state index in [0.29, 0.717) is 29.2 Å². The number of nitrogens with zero attached hydrogens (tertiary/aromatic N) is 1. The molecule has 27 heavy (non-hydrogen) atoms. The van der Waals surface area contributed by atoms with Crippen LogP contribution in [0.5, 0.6) is 11.5 Å². The molecule has 1 N–H and O–H groups in total. The Bertz CT molecular complexity index is 831. The van der Waals surface area contributed by atoms with Gasteiger partial charge in [0, 0.05) is 17.8 Å². The summed E-state index contributed by atoms with van der Waals surface area (Å²) in [5.74, 6) is 1.07. The van der Waals surface area contributed by atoms with E-state index in [-0.39, 0.29) is 24.5 Å². The van der Waals surface area contributed by atoms with Crippen molar-refractivity contribution in [3.05, 3.63) is 48.0 Å². The molecule has 0 atom stereocenters. The molecule has 0 unspecified atom stereocenters. The van der Waals surface area contributed by atoms with Gasteiger partial charge in [0.15, 0.2) is 6.61 Å².